The molecule has 0 bridgehead atoms. The van der Waals surface area contributed by atoms with Gasteiger partial charge in [-0.25, -0.2) is 0 Å². The summed E-state index contributed by atoms with van der Waals surface area (Å²) < 4.78 is 12.2. The maximum atomic E-state index is 12.2. The number of rotatable bonds is 12. The second-order valence-electron chi connectivity index (χ2n) is 6.09. The fourth-order valence-corrected chi connectivity index (χ4v) is 3.63. The lowest BCUT2D eigenvalue weighted by Crippen LogP contribution is -2.39. The van der Waals surface area contributed by atoms with Crippen LogP contribution in [0.3, 0.4) is 0 Å². The number of aliphatic hydroxyl groups is 1. The van der Waals surface area contributed by atoms with E-state index in [0.29, 0.717) is 30.5 Å². The fourth-order valence-electron chi connectivity index (χ4n) is 2.60. The van der Waals surface area contributed by atoms with Crippen LogP contribution in [-0.4, -0.2) is 47.3 Å². The molecule has 3 N–H and O–H groups in total. The molecule has 0 fully saturated rings. The van der Waals surface area contributed by atoms with Gasteiger partial charge in [0.1, 0.15) is 0 Å². The molecule has 0 aliphatic carbocycles. The van der Waals surface area contributed by atoms with E-state index in [1.807, 2.05) is 37.3 Å². The lowest BCUT2D eigenvalue weighted by atomic mass is 10.0. The molecule has 0 saturated carbocycles. The van der Waals surface area contributed by atoms with E-state index in [1.165, 1.54) is 0 Å². The van der Waals surface area contributed by atoms with E-state index in [1.54, 1.807) is 0 Å². The third-order valence-corrected chi connectivity index (χ3v) is 5.19. The standard InChI is InChI=1S/C19H33N3O2S/c1-3-8-17(11-13-23)15-22-19(20-4-2)21-12-14-25(24)16-18-9-6-5-7-10-18/h5-7,9-10,17,23H,3-4,8,11-16H2,1-2H3,(H2,20,21,22). The molecule has 2 atom stereocenters. The Morgan fingerprint density at radius 1 is 1.20 bits per heavy atom. The van der Waals surface area contributed by atoms with Gasteiger partial charge in [0.05, 0.1) is 0 Å². The molecule has 0 amide bonds. The molecule has 0 radical (unpaired) electrons. The zero-order chi connectivity index (χ0) is 18.3. The van der Waals surface area contributed by atoms with Gasteiger partial charge in [-0.15, -0.1) is 0 Å². The van der Waals surface area contributed by atoms with E-state index in [2.05, 4.69) is 22.5 Å². The molecule has 0 aromatic heterocycles. The quantitative estimate of drug-likeness (QED) is 0.391. The summed E-state index contributed by atoms with van der Waals surface area (Å²) in [6, 6.07) is 9.92. The number of hydrogen-bond acceptors (Lipinski definition) is 3. The van der Waals surface area contributed by atoms with Crippen molar-refractivity contribution in [2.45, 2.75) is 38.9 Å². The highest BCUT2D eigenvalue weighted by Gasteiger charge is 2.08. The average molecular weight is 368 g/mol. The van der Waals surface area contributed by atoms with Crippen LogP contribution in [0.4, 0.5) is 0 Å². The van der Waals surface area contributed by atoms with Crippen LogP contribution in [0.1, 0.15) is 38.7 Å². The fraction of sp³-hybridized carbons (Fsp3) is 0.632. The molecule has 0 saturated heterocycles. The summed E-state index contributed by atoms with van der Waals surface area (Å²) in [4.78, 5) is 4.62. The maximum Gasteiger partial charge on any atom is 0.191 e. The molecule has 0 spiro atoms. The molecule has 142 valence electrons. The predicted molar refractivity (Wildman–Crippen MR) is 107 cm³/mol. The first-order valence-corrected chi connectivity index (χ1v) is 10.7. The van der Waals surface area contributed by atoms with Crippen molar-refractivity contribution in [3.8, 4) is 0 Å². The Kier molecular flexibility index (Phi) is 12.0. The van der Waals surface area contributed by atoms with E-state index in [0.717, 1.165) is 37.3 Å². The Morgan fingerprint density at radius 3 is 2.60 bits per heavy atom. The number of benzene rings is 1. The molecule has 6 heteroatoms. The van der Waals surface area contributed by atoms with Crippen LogP contribution in [0.15, 0.2) is 35.3 Å². The predicted octanol–water partition coefficient (Wildman–Crippen LogP) is 2.29. The van der Waals surface area contributed by atoms with Crippen molar-refractivity contribution in [1.29, 1.82) is 0 Å². The van der Waals surface area contributed by atoms with Crippen LogP contribution < -0.4 is 10.6 Å². The van der Waals surface area contributed by atoms with E-state index in [9.17, 15) is 4.21 Å². The smallest absolute Gasteiger partial charge is 0.191 e. The molecule has 25 heavy (non-hydrogen) atoms. The molecule has 1 aromatic carbocycles. The normalized spacial score (nSPS) is 14.1. The van der Waals surface area contributed by atoms with Crippen LogP contribution >= 0.6 is 0 Å². The minimum Gasteiger partial charge on any atom is -0.396 e. The summed E-state index contributed by atoms with van der Waals surface area (Å²) >= 11 is 0. The number of hydrogen-bond donors (Lipinski definition) is 3. The van der Waals surface area contributed by atoms with Gasteiger partial charge in [-0.3, -0.25) is 9.20 Å². The number of guanidine groups is 1. The van der Waals surface area contributed by atoms with Crippen molar-refractivity contribution >= 4 is 16.8 Å². The molecule has 1 rings (SSSR count). The summed E-state index contributed by atoms with van der Waals surface area (Å²) in [6.45, 7) is 6.52. The first-order chi connectivity index (χ1) is 12.2. The van der Waals surface area contributed by atoms with Crippen LogP contribution in [0.25, 0.3) is 0 Å². The zero-order valence-electron chi connectivity index (χ0n) is 15.5. The van der Waals surface area contributed by atoms with Crippen molar-refractivity contribution in [2.75, 3.05) is 32.0 Å². The number of nitrogens with zero attached hydrogens (tertiary/aromatic N) is 1. The van der Waals surface area contributed by atoms with Crippen LogP contribution in [0.5, 0.6) is 0 Å². The topological polar surface area (TPSA) is 73.7 Å². The van der Waals surface area contributed by atoms with Crippen LogP contribution in [0.2, 0.25) is 0 Å². The Balaban J connectivity index is 2.40. The first kappa shape index (κ1) is 21.6. The van der Waals surface area contributed by atoms with Gasteiger partial charge < -0.3 is 15.7 Å². The van der Waals surface area contributed by atoms with Crippen molar-refractivity contribution in [3.63, 3.8) is 0 Å². The summed E-state index contributed by atoms with van der Waals surface area (Å²) in [6.07, 6.45) is 2.96. The van der Waals surface area contributed by atoms with Crippen molar-refractivity contribution in [1.82, 2.24) is 10.6 Å². The molecule has 2 unspecified atom stereocenters. The lowest BCUT2D eigenvalue weighted by molar-refractivity contribution is 0.253. The zero-order valence-corrected chi connectivity index (χ0v) is 16.4. The highest BCUT2D eigenvalue weighted by molar-refractivity contribution is 7.84. The van der Waals surface area contributed by atoms with E-state index in [-0.39, 0.29) is 6.61 Å². The Bertz CT molecular complexity index is 503. The molecule has 0 heterocycles. The summed E-state index contributed by atoms with van der Waals surface area (Å²) in [5.41, 5.74) is 1.10. The molecular formula is C19H33N3O2S. The highest BCUT2D eigenvalue weighted by Crippen LogP contribution is 2.11. The molecule has 0 aliphatic heterocycles. The number of aliphatic hydroxyl groups excluding tert-OH is 1. The van der Waals surface area contributed by atoms with Crippen LogP contribution in [0, 0.1) is 5.92 Å². The van der Waals surface area contributed by atoms with Gasteiger partial charge in [-0.1, -0.05) is 43.7 Å². The second kappa shape index (κ2) is 13.8. The molecular weight excluding hydrogens is 334 g/mol. The van der Waals surface area contributed by atoms with Crippen LogP contribution in [-0.2, 0) is 16.6 Å². The van der Waals surface area contributed by atoms with Gasteiger partial charge in [-0.2, -0.15) is 0 Å². The second-order valence-corrected chi connectivity index (χ2v) is 7.66. The van der Waals surface area contributed by atoms with Crippen molar-refractivity contribution < 1.29 is 9.32 Å². The van der Waals surface area contributed by atoms with Gasteiger partial charge in [-0.05, 0) is 31.2 Å². The van der Waals surface area contributed by atoms with Gasteiger partial charge in [0.25, 0.3) is 0 Å². The molecule has 0 aliphatic rings. The van der Waals surface area contributed by atoms with E-state index in [4.69, 9.17) is 5.11 Å². The monoisotopic (exact) mass is 367 g/mol. The first-order valence-electron chi connectivity index (χ1n) is 9.21. The minimum atomic E-state index is -0.888. The lowest BCUT2D eigenvalue weighted by Gasteiger charge is -2.15. The van der Waals surface area contributed by atoms with Gasteiger partial charge >= 0.3 is 0 Å². The number of nitrogens with one attached hydrogen (secondary N) is 2. The Hall–Kier alpha value is -1.40. The van der Waals surface area contributed by atoms with E-state index < -0.39 is 10.8 Å². The highest BCUT2D eigenvalue weighted by atomic mass is 32.2. The maximum absolute atomic E-state index is 12.2. The van der Waals surface area contributed by atoms with Gasteiger partial charge in [0.2, 0.25) is 0 Å². The molecule has 1 aromatic rings. The Morgan fingerprint density at radius 2 is 1.96 bits per heavy atom. The average Bonchev–Trinajstić information content (AvgIpc) is 2.60. The Labute approximate surface area is 154 Å². The summed E-state index contributed by atoms with van der Waals surface area (Å²) in [5.74, 6) is 2.36. The SMILES string of the molecule is CCCC(CCO)CN=C(NCC)NCCS(=O)Cc1ccccc1. The minimum absolute atomic E-state index is 0.211. The largest absolute Gasteiger partial charge is 0.396 e. The van der Waals surface area contributed by atoms with E-state index >= 15 is 0 Å². The third kappa shape index (κ3) is 10.2. The summed E-state index contributed by atoms with van der Waals surface area (Å²) in [7, 11) is -0.888. The number of aliphatic imine (C=N–C) groups is 1. The molecule has 5 nitrogen and oxygen atoms in total. The van der Waals surface area contributed by atoms with Crippen molar-refractivity contribution in [2.24, 2.45) is 10.9 Å². The van der Waals surface area contributed by atoms with Crippen molar-refractivity contribution in [3.05, 3.63) is 35.9 Å². The van der Waals surface area contributed by atoms with Gasteiger partial charge in [0.15, 0.2) is 5.96 Å². The van der Waals surface area contributed by atoms with Gasteiger partial charge in [0, 0.05) is 48.5 Å². The summed E-state index contributed by atoms with van der Waals surface area (Å²) in [5, 5.41) is 15.6. The third-order valence-electron chi connectivity index (χ3n) is 3.88.